The number of hydrogen-bond acceptors (Lipinski definition) is 3. The van der Waals surface area contributed by atoms with Crippen molar-refractivity contribution in [1.82, 2.24) is 10.3 Å². The van der Waals surface area contributed by atoms with Crippen molar-refractivity contribution in [1.29, 1.82) is 0 Å². The second kappa shape index (κ2) is 5.02. The fourth-order valence-electron chi connectivity index (χ4n) is 2.12. The molecule has 0 aromatic carbocycles. The van der Waals surface area contributed by atoms with Gasteiger partial charge in [0.25, 0.3) is 11.9 Å². The first-order valence-corrected chi connectivity index (χ1v) is 5.71. The molecule has 2 heterocycles. The van der Waals surface area contributed by atoms with Crippen molar-refractivity contribution in [3.8, 4) is 0 Å². The lowest BCUT2D eigenvalue weighted by atomic mass is 10.1. The summed E-state index contributed by atoms with van der Waals surface area (Å²) >= 11 is 0. The molecule has 0 saturated carbocycles. The molecule has 1 aromatic rings. The Morgan fingerprint density at radius 1 is 1.26 bits per heavy atom. The van der Waals surface area contributed by atoms with Gasteiger partial charge in [0.05, 0.1) is 0 Å². The molecule has 1 saturated heterocycles. The number of carbonyl (C=O) groups is 1. The lowest BCUT2D eigenvalue weighted by molar-refractivity contribution is -0.123. The Morgan fingerprint density at radius 2 is 1.84 bits per heavy atom. The van der Waals surface area contributed by atoms with Crippen LogP contribution >= 0.6 is 0 Å². The zero-order valence-electron chi connectivity index (χ0n) is 10.0. The van der Waals surface area contributed by atoms with Crippen LogP contribution in [0.4, 0.5) is 23.2 Å². The van der Waals surface area contributed by atoms with Gasteiger partial charge in [0.1, 0.15) is 11.7 Å². The molecule has 1 N–H and O–H groups in total. The molecule has 104 valence electrons. The molecular formula is C11H11F4N3O. The van der Waals surface area contributed by atoms with Crippen molar-refractivity contribution >= 4 is 11.6 Å². The zero-order chi connectivity index (χ0) is 14.2. The molecule has 0 spiro atoms. The molecule has 0 aliphatic carbocycles. The first-order chi connectivity index (χ1) is 8.97. The molecule has 1 unspecified atom stereocenters. The fraction of sp³-hybridized carbons (Fsp3) is 0.455. The van der Waals surface area contributed by atoms with E-state index in [1.54, 1.807) is 6.92 Å². The van der Waals surface area contributed by atoms with Gasteiger partial charge in [-0.05, 0) is 6.42 Å². The summed E-state index contributed by atoms with van der Waals surface area (Å²) in [6, 6.07) is -0.876. The van der Waals surface area contributed by atoms with E-state index < -0.39 is 41.2 Å². The SMILES string of the molecule is CCC1C(=O)NCCN1c1c(F)c(F)nc(F)c1F. The molecular weight excluding hydrogens is 266 g/mol. The van der Waals surface area contributed by atoms with Crippen LogP contribution in [0.2, 0.25) is 0 Å². The lowest BCUT2D eigenvalue weighted by Gasteiger charge is -2.36. The maximum atomic E-state index is 13.6. The summed E-state index contributed by atoms with van der Waals surface area (Å²) in [7, 11) is 0. The Morgan fingerprint density at radius 3 is 2.37 bits per heavy atom. The van der Waals surface area contributed by atoms with E-state index >= 15 is 0 Å². The van der Waals surface area contributed by atoms with Gasteiger partial charge in [0, 0.05) is 13.1 Å². The summed E-state index contributed by atoms with van der Waals surface area (Å²) in [5, 5.41) is 2.52. The average molecular weight is 277 g/mol. The number of amides is 1. The van der Waals surface area contributed by atoms with E-state index in [1.165, 1.54) is 0 Å². The largest absolute Gasteiger partial charge is 0.353 e. The maximum absolute atomic E-state index is 13.6. The minimum Gasteiger partial charge on any atom is -0.353 e. The number of rotatable bonds is 2. The first-order valence-electron chi connectivity index (χ1n) is 5.71. The molecule has 1 amide bonds. The Labute approximate surface area is 106 Å². The van der Waals surface area contributed by atoms with E-state index in [-0.39, 0.29) is 19.5 Å². The molecule has 0 bridgehead atoms. The fourth-order valence-corrected chi connectivity index (χ4v) is 2.12. The summed E-state index contributed by atoms with van der Waals surface area (Å²) in [6.45, 7) is 1.83. The van der Waals surface area contributed by atoms with Gasteiger partial charge in [-0.15, -0.1) is 0 Å². The number of aromatic nitrogens is 1. The standard InChI is InChI=1S/C11H11F4N3O/c1-2-5-11(19)16-3-4-18(5)8-6(12)9(14)17-10(15)7(8)13/h5H,2-4H2,1H3,(H,16,19). The highest BCUT2D eigenvalue weighted by atomic mass is 19.2. The normalized spacial score (nSPS) is 19.5. The molecule has 2 rings (SSSR count). The minimum absolute atomic E-state index is 0.0565. The van der Waals surface area contributed by atoms with Gasteiger partial charge in [0.15, 0.2) is 0 Å². The van der Waals surface area contributed by atoms with E-state index in [4.69, 9.17) is 0 Å². The Bertz CT molecular complexity index is 497. The summed E-state index contributed by atoms with van der Waals surface area (Å²) in [6.07, 6.45) is 0.246. The Hall–Kier alpha value is -1.86. The number of pyridine rings is 1. The summed E-state index contributed by atoms with van der Waals surface area (Å²) in [5.41, 5.74) is -0.883. The van der Waals surface area contributed by atoms with Gasteiger partial charge in [0.2, 0.25) is 17.5 Å². The third-order valence-corrected chi connectivity index (χ3v) is 2.98. The number of halogens is 4. The molecule has 4 nitrogen and oxygen atoms in total. The van der Waals surface area contributed by atoms with Gasteiger partial charge in [-0.1, -0.05) is 6.92 Å². The van der Waals surface area contributed by atoms with Crippen LogP contribution in [-0.2, 0) is 4.79 Å². The second-order valence-corrected chi connectivity index (χ2v) is 4.08. The van der Waals surface area contributed by atoms with Crippen LogP contribution in [0.25, 0.3) is 0 Å². The van der Waals surface area contributed by atoms with Crippen molar-refractivity contribution in [3.05, 3.63) is 23.5 Å². The van der Waals surface area contributed by atoms with Crippen molar-refractivity contribution in [2.24, 2.45) is 0 Å². The number of hydrogen-bond donors (Lipinski definition) is 1. The summed E-state index contributed by atoms with van der Waals surface area (Å²) < 4.78 is 53.5. The van der Waals surface area contributed by atoms with Crippen molar-refractivity contribution in [2.75, 3.05) is 18.0 Å². The third-order valence-electron chi connectivity index (χ3n) is 2.98. The molecule has 8 heteroatoms. The quantitative estimate of drug-likeness (QED) is 0.655. The molecule has 1 aliphatic heterocycles. The Kier molecular flexibility index (Phi) is 3.59. The van der Waals surface area contributed by atoms with Crippen molar-refractivity contribution in [2.45, 2.75) is 19.4 Å². The van der Waals surface area contributed by atoms with Crippen LogP contribution in [0.3, 0.4) is 0 Å². The van der Waals surface area contributed by atoms with Crippen molar-refractivity contribution in [3.63, 3.8) is 0 Å². The van der Waals surface area contributed by atoms with Crippen LogP contribution in [0.5, 0.6) is 0 Å². The summed E-state index contributed by atoms with van der Waals surface area (Å²) in [5.74, 6) is -7.08. The molecule has 0 radical (unpaired) electrons. The highest BCUT2D eigenvalue weighted by Crippen LogP contribution is 2.29. The zero-order valence-corrected chi connectivity index (χ0v) is 10.0. The van der Waals surface area contributed by atoms with Crippen LogP contribution in [0.1, 0.15) is 13.3 Å². The average Bonchev–Trinajstić information content (AvgIpc) is 2.37. The molecule has 1 aromatic heterocycles. The Balaban J connectivity index is 2.54. The first kappa shape index (κ1) is 13.6. The molecule has 1 aliphatic rings. The van der Waals surface area contributed by atoms with Gasteiger partial charge >= 0.3 is 0 Å². The second-order valence-electron chi connectivity index (χ2n) is 4.08. The van der Waals surface area contributed by atoms with Crippen LogP contribution in [0, 0.1) is 23.5 Å². The molecule has 19 heavy (non-hydrogen) atoms. The lowest BCUT2D eigenvalue weighted by Crippen LogP contribution is -2.55. The number of nitrogens with zero attached hydrogens (tertiary/aromatic N) is 2. The maximum Gasteiger partial charge on any atom is 0.253 e. The molecule has 1 fully saturated rings. The van der Waals surface area contributed by atoms with E-state index in [1.807, 2.05) is 0 Å². The van der Waals surface area contributed by atoms with E-state index in [2.05, 4.69) is 10.3 Å². The smallest absolute Gasteiger partial charge is 0.253 e. The number of anilines is 1. The predicted molar refractivity (Wildman–Crippen MR) is 58.5 cm³/mol. The topological polar surface area (TPSA) is 45.2 Å². The van der Waals surface area contributed by atoms with Gasteiger partial charge in [-0.2, -0.15) is 22.5 Å². The number of piperazine rings is 1. The predicted octanol–water partition coefficient (Wildman–Crippen LogP) is 1.35. The van der Waals surface area contributed by atoms with Crippen molar-refractivity contribution < 1.29 is 22.4 Å². The minimum atomic E-state index is -1.73. The number of carbonyl (C=O) groups excluding carboxylic acids is 1. The third kappa shape index (κ3) is 2.22. The highest BCUT2D eigenvalue weighted by molar-refractivity contribution is 5.86. The van der Waals surface area contributed by atoms with E-state index in [0.29, 0.717) is 0 Å². The monoisotopic (exact) mass is 277 g/mol. The van der Waals surface area contributed by atoms with Crippen LogP contribution < -0.4 is 10.2 Å². The van der Waals surface area contributed by atoms with E-state index in [0.717, 1.165) is 4.90 Å². The van der Waals surface area contributed by atoms with Crippen LogP contribution in [0.15, 0.2) is 0 Å². The van der Waals surface area contributed by atoms with Gasteiger partial charge < -0.3 is 10.2 Å². The van der Waals surface area contributed by atoms with Gasteiger partial charge in [-0.3, -0.25) is 4.79 Å². The summed E-state index contributed by atoms with van der Waals surface area (Å²) in [4.78, 5) is 15.1. The van der Waals surface area contributed by atoms with E-state index in [9.17, 15) is 22.4 Å². The molecule has 1 atom stereocenters. The number of nitrogens with one attached hydrogen (secondary N) is 1. The van der Waals surface area contributed by atoms with Crippen LogP contribution in [-0.4, -0.2) is 30.0 Å². The highest BCUT2D eigenvalue weighted by Gasteiger charge is 2.34. The van der Waals surface area contributed by atoms with Gasteiger partial charge in [-0.25, -0.2) is 0 Å².